The zero-order valence-corrected chi connectivity index (χ0v) is 18.9. The number of carbonyl (C=O) groups is 1. The molecule has 0 bridgehead atoms. The van der Waals surface area contributed by atoms with Crippen molar-refractivity contribution in [3.8, 4) is 11.1 Å². The maximum absolute atomic E-state index is 12.5. The van der Waals surface area contributed by atoms with Gasteiger partial charge in [0.15, 0.2) is 0 Å². The molecule has 2 fully saturated rings. The van der Waals surface area contributed by atoms with Crippen molar-refractivity contribution in [1.29, 1.82) is 0 Å². The Kier molecular flexibility index (Phi) is 7.15. The summed E-state index contributed by atoms with van der Waals surface area (Å²) in [5.41, 5.74) is 3.38. The molecule has 2 heterocycles. The van der Waals surface area contributed by atoms with Crippen LogP contribution in [0.25, 0.3) is 11.1 Å². The van der Waals surface area contributed by atoms with E-state index in [2.05, 4.69) is 15.3 Å². The molecular formula is C25H35N5O. The molecule has 2 aromatic heterocycles. The van der Waals surface area contributed by atoms with Crippen molar-refractivity contribution in [2.24, 2.45) is 11.8 Å². The lowest BCUT2D eigenvalue weighted by Gasteiger charge is -2.30. The third kappa shape index (κ3) is 5.41. The molecular weight excluding hydrogens is 386 g/mol. The maximum atomic E-state index is 12.5. The monoisotopic (exact) mass is 421 g/mol. The number of nitrogens with zero attached hydrogens (tertiary/aromatic N) is 4. The van der Waals surface area contributed by atoms with Crippen molar-refractivity contribution < 1.29 is 4.79 Å². The summed E-state index contributed by atoms with van der Waals surface area (Å²) in [7, 11) is 3.97. The van der Waals surface area contributed by atoms with Gasteiger partial charge in [0.25, 0.3) is 0 Å². The van der Waals surface area contributed by atoms with E-state index in [1.54, 1.807) is 0 Å². The predicted octanol–water partition coefficient (Wildman–Crippen LogP) is 4.57. The van der Waals surface area contributed by atoms with E-state index in [0.717, 1.165) is 67.8 Å². The Morgan fingerprint density at radius 3 is 2.42 bits per heavy atom. The van der Waals surface area contributed by atoms with Gasteiger partial charge in [-0.25, -0.2) is 9.97 Å². The van der Waals surface area contributed by atoms with Gasteiger partial charge in [-0.2, -0.15) is 0 Å². The van der Waals surface area contributed by atoms with E-state index >= 15 is 0 Å². The average molecular weight is 422 g/mol. The lowest BCUT2D eigenvalue weighted by atomic mass is 9.79. The second-order valence-corrected chi connectivity index (χ2v) is 9.40. The Labute approximate surface area is 185 Å². The van der Waals surface area contributed by atoms with Crippen LogP contribution in [0, 0.1) is 11.8 Å². The minimum absolute atomic E-state index is 0.249. The molecule has 31 heavy (non-hydrogen) atoms. The van der Waals surface area contributed by atoms with Gasteiger partial charge < -0.3 is 10.2 Å². The highest BCUT2D eigenvalue weighted by atomic mass is 16.1. The Morgan fingerprint density at radius 2 is 1.74 bits per heavy atom. The first-order valence-electron chi connectivity index (χ1n) is 11.8. The van der Waals surface area contributed by atoms with Crippen molar-refractivity contribution in [1.82, 2.24) is 20.3 Å². The minimum Gasteiger partial charge on any atom is -0.356 e. The number of nitrogens with one attached hydrogen (secondary N) is 1. The van der Waals surface area contributed by atoms with Crippen LogP contribution < -0.4 is 10.2 Å². The Morgan fingerprint density at radius 1 is 1.03 bits per heavy atom. The number of rotatable bonds is 6. The largest absolute Gasteiger partial charge is 0.356 e. The summed E-state index contributed by atoms with van der Waals surface area (Å²) in [6.45, 7) is 0.825. The topological polar surface area (TPSA) is 71.0 Å². The van der Waals surface area contributed by atoms with Crippen LogP contribution in [0.3, 0.4) is 0 Å². The molecule has 0 spiro atoms. The van der Waals surface area contributed by atoms with Crippen LogP contribution in [0.4, 0.5) is 5.95 Å². The van der Waals surface area contributed by atoms with Gasteiger partial charge in [0, 0.05) is 56.6 Å². The predicted molar refractivity (Wildman–Crippen MR) is 124 cm³/mol. The Bertz CT molecular complexity index is 855. The average Bonchev–Trinajstić information content (AvgIpc) is 2.83. The van der Waals surface area contributed by atoms with E-state index in [-0.39, 0.29) is 11.8 Å². The fourth-order valence-corrected chi connectivity index (χ4v) is 5.06. The molecule has 0 unspecified atom stereocenters. The summed E-state index contributed by atoms with van der Waals surface area (Å²) >= 11 is 0. The zero-order chi connectivity index (χ0) is 21.6. The van der Waals surface area contributed by atoms with Crippen LogP contribution in [0.15, 0.2) is 30.7 Å². The SMILES string of the molecule is CN(C)c1ncc(-c2ccncc2)c(C2CCC(CNC(=O)C3CCCCC3)CC2)n1. The lowest BCUT2D eigenvalue weighted by molar-refractivity contribution is -0.126. The highest BCUT2D eigenvalue weighted by Crippen LogP contribution is 2.39. The van der Waals surface area contributed by atoms with Crippen LogP contribution in [-0.4, -0.2) is 41.5 Å². The van der Waals surface area contributed by atoms with E-state index in [9.17, 15) is 4.79 Å². The molecule has 0 atom stereocenters. The van der Waals surface area contributed by atoms with E-state index < -0.39 is 0 Å². The van der Waals surface area contributed by atoms with Gasteiger partial charge in [-0.3, -0.25) is 9.78 Å². The summed E-state index contributed by atoms with van der Waals surface area (Å²) in [5.74, 6) is 2.29. The number of carbonyl (C=O) groups excluding carboxylic acids is 1. The van der Waals surface area contributed by atoms with Crippen LogP contribution in [0.1, 0.15) is 69.4 Å². The zero-order valence-electron chi connectivity index (χ0n) is 18.9. The molecule has 2 aromatic rings. The number of anilines is 1. The van der Waals surface area contributed by atoms with Crippen LogP contribution in [0.2, 0.25) is 0 Å². The van der Waals surface area contributed by atoms with Gasteiger partial charge in [-0.05, 0) is 62.1 Å². The van der Waals surface area contributed by atoms with Gasteiger partial charge in [-0.1, -0.05) is 19.3 Å². The smallest absolute Gasteiger partial charge is 0.225 e. The van der Waals surface area contributed by atoms with Crippen LogP contribution >= 0.6 is 0 Å². The molecule has 2 aliphatic rings. The number of hydrogen-bond donors (Lipinski definition) is 1. The highest BCUT2D eigenvalue weighted by molar-refractivity contribution is 5.78. The summed E-state index contributed by atoms with van der Waals surface area (Å²) in [4.78, 5) is 28.1. The fourth-order valence-electron chi connectivity index (χ4n) is 5.06. The van der Waals surface area contributed by atoms with Gasteiger partial charge >= 0.3 is 0 Å². The van der Waals surface area contributed by atoms with Gasteiger partial charge in [0.2, 0.25) is 11.9 Å². The quantitative estimate of drug-likeness (QED) is 0.739. The first-order valence-corrected chi connectivity index (χ1v) is 11.8. The summed E-state index contributed by atoms with van der Waals surface area (Å²) in [6, 6.07) is 4.06. The first-order chi connectivity index (χ1) is 15.1. The van der Waals surface area contributed by atoms with Gasteiger partial charge in [0.05, 0.1) is 5.69 Å². The number of pyridine rings is 1. The Balaban J connectivity index is 1.39. The van der Waals surface area contributed by atoms with E-state index in [1.807, 2.05) is 49.7 Å². The third-order valence-corrected chi connectivity index (χ3v) is 6.97. The summed E-state index contributed by atoms with van der Waals surface area (Å²) in [5, 5.41) is 3.26. The first kappa shape index (κ1) is 21.7. The molecule has 2 aliphatic carbocycles. The molecule has 0 saturated heterocycles. The minimum atomic E-state index is 0.249. The molecule has 6 heteroatoms. The van der Waals surface area contributed by atoms with E-state index in [0.29, 0.717) is 11.8 Å². The molecule has 6 nitrogen and oxygen atoms in total. The molecule has 166 valence electrons. The molecule has 4 rings (SSSR count). The maximum Gasteiger partial charge on any atom is 0.225 e. The van der Waals surface area contributed by atoms with E-state index in [4.69, 9.17) is 4.98 Å². The van der Waals surface area contributed by atoms with Crippen molar-refractivity contribution in [3.05, 3.63) is 36.4 Å². The molecule has 0 radical (unpaired) electrons. The number of amides is 1. The lowest BCUT2D eigenvalue weighted by Crippen LogP contribution is -2.36. The fraction of sp³-hybridized carbons (Fsp3) is 0.600. The van der Waals surface area contributed by atoms with Crippen molar-refractivity contribution >= 4 is 11.9 Å². The molecule has 1 N–H and O–H groups in total. The van der Waals surface area contributed by atoms with E-state index in [1.165, 1.54) is 19.3 Å². The molecule has 0 aromatic carbocycles. The third-order valence-electron chi connectivity index (χ3n) is 6.97. The molecule has 1 amide bonds. The summed E-state index contributed by atoms with van der Waals surface area (Å²) in [6.07, 6.45) is 15.9. The van der Waals surface area contributed by atoms with Crippen LogP contribution in [0.5, 0.6) is 0 Å². The van der Waals surface area contributed by atoms with Crippen molar-refractivity contribution in [2.45, 2.75) is 63.7 Å². The molecule has 0 aliphatic heterocycles. The van der Waals surface area contributed by atoms with Gasteiger partial charge in [-0.15, -0.1) is 0 Å². The number of hydrogen-bond acceptors (Lipinski definition) is 5. The molecule has 2 saturated carbocycles. The standard InChI is InChI=1S/C25H35N5O/c1-30(2)25-28-17-22(19-12-14-26-15-13-19)23(29-25)20-10-8-18(9-11-20)16-27-24(31)21-6-4-3-5-7-21/h12-15,17-18,20-21H,3-11,16H2,1-2H3,(H,27,31). The Hall–Kier alpha value is -2.50. The summed E-state index contributed by atoms with van der Waals surface area (Å²) < 4.78 is 0. The van der Waals surface area contributed by atoms with Gasteiger partial charge in [0.1, 0.15) is 0 Å². The second-order valence-electron chi connectivity index (χ2n) is 9.40. The second kappa shape index (κ2) is 10.2. The van der Waals surface area contributed by atoms with Crippen molar-refractivity contribution in [3.63, 3.8) is 0 Å². The highest BCUT2D eigenvalue weighted by Gasteiger charge is 2.28. The van der Waals surface area contributed by atoms with Crippen molar-refractivity contribution in [2.75, 3.05) is 25.5 Å². The number of aromatic nitrogens is 3. The normalized spacial score (nSPS) is 22.1. The van der Waals surface area contributed by atoms with Crippen LogP contribution in [-0.2, 0) is 4.79 Å².